The maximum atomic E-state index is 13.5. The highest BCUT2D eigenvalue weighted by Gasteiger charge is 2.08. The second-order valence-corrected chi connectivity index (χ2v) is 5.16. The Bertz CT molecular complexity index is 843. The van der Waals surface area contributed by atoms with Crippen LogP contribution in [0.3, 0.4) is 0 Å². The van der Waals surface area contributed by atoms with E-state index in [2.05, 4.69) is 15.6 Å². The van der Waals surface area contributed by atoms with E-state index in [9.17, 15) is 9.18 Å². The van der Waals surface area contributed by atoms with Gasteiger partial charge in [0.05, 0.1) is 16.7 Å². The van der Waals surface area contributed by atoms with Crippen molar-refractivity contribution in [3.05, 3.63) is 60.2 Å². The number of amides is 2. The molecule has 3 rings (SSSR count). The van der Waals surface area contributed by atoms with E-state index in [1.807, 2.05) is 35.8 Å². The van der Waals surface area contributed by atoms with E-state index >= 15 is 0 Å². The Morgan fingerprint density at radius 3 is 2.74 bits per heavy atom. The molecule has 0 aliphatic carbocycles. The van der Waals surface area contributed by atoms with Crippen molar-refractivity contribution in [2.75, 3.05) is 11.9 Å². The first-order valence-electron chi connectivity index (χ1n) is 7.36. The minimum Gasteiger partial charge on any atom is -0.336 e. The Morgan fingerprint density at radius 1 is 1.17 bits per heavy atom. The lowest BCUT2D eigenvalue weighted by atomic mass is 10.3. The third-order valence-corrected chi connectivity index (χ3v) is 3.59. The van der Waals surface area contributed by atoms with Crippen molar-refractivity contribution in [1.82, 2.24) is 14.9 Å². The van der Waals surface area contributed by atoms with Crippen molar-refractivity contribution in [3.63, 3.8) is 0 Å². The summed E-state index contributed by atoms with van der Waals surface area (Å²) >= 11 is 0. The van der Waals surface area contributed by atoms with Crippen molar-refractivity contribution < 1.29 is 9.18 Å². The average molecular weight is 312 g/mol. The number of carbonyl (C=O) groups is 1. The Balaban J connectivity index is 1.59. The summed E-state index contributed by atoms with van der Waals surface area (Å²) in [5, 5.41) is 5.22. The van der Waals surface area contributed by atoms with Crippen LogP contribution in [0.15, 0.2) is 48.5 Å². The number of anilines is 1. The molecule has 0 aliphatic rings. The van der Waals surface area contributed by atoms with Gasteiger partial charge in [-0.05, 0) is 31.2 Å². The molecule has 2 aromatic carbocycles. The van der Waals surface area contributed by atoms with Crippen LogP contribution in [0.5, 0.6) is 0 Å². The molecule has 1 heterocycles. The first kappa shape index (κ1) is 15.0. The number of urea groups is 1. The van der Waals surface area contributed by atoms with Gasteiger partial charge in [-0.25, -0.2) is 14.2 Å². The predicted molar refractivity (Wildman–Crippen MR) is 87.9 cm³/mol. The Labute approximate surface area is 133 Å². The van der Waals surface area contributed by atoms with Crippen molar-refractivity contribution in [1.29, 1.82) is 0 Å². The first-order valence-corrected chi connectivity index (χ1v) is 7.36. The summed E-state index contributed by atoms with van der Waals surface area (Å²) in [7, 11) is 0. The number of rotatable bonds is 4. The summed E-state index contributed by atoms with van der Waals surface area (Å²) in [6.45, 7) is 2.94. The van der Waals surface area contributed by atoms with Crippen LogP contribution in [0.2, 0.25) is 0 Å². The fourth-order valence-corrected chi connectivity index (χ4v) is 2.49. The Kier molecular flexibility index (Phi) is 4.23. The number of nitrogens with one attached hydrogen (secondary N) is 2. The van der Waals surface area contributed by atoms with Crippen LogP contribution in [0.4, 0.5) is 14.9 Å². The maximum absolute atomic E-state index is 13.5. The molecule has 0 aliphatic heterocycles. The van der Waals surface area contributed by atoms with Gasteiger partial charge in [-0.2, -0.15) is 0 Å². The van der Waals surface area contributed by atoms with E-state index in [0.29, 0.717) is 13.1 Å². The molecular weight excluding hydrogens is 295 g/mol. The van der Waals surface area contributed by atoms with Gasteiger partial charge in [0.2, 0.25) is 0 Å². The number of halogens is 1. The number of aromatic nitrogens is 2. The molecule has 2 N–H and O–H groups in total. The maximum Gasteiger partial charge on any atom is 0.319 e. The number of imidazole rings is 1. The van der Waals surface area contributed by atoms with E-state index in [1.165, 1.54) is 12.1 Å². The van der Waals surface area contributed by atoms with Crippen molar-refractivity contribution in [2.24, 2.45) is 0 Å². The third kappa shape index (κ3) is 3.31. The minimum atomic E-state index is -0.459. The molecule has 1 aromatic heterocycles. The average Bonchev–Trinajstić information content (AvgIpc) is 2.86. The third-order valence-electron chi connectivity index (χ3n) is 3.59. The lowest BCUT2D eigenvalue weighted by Gasteiger charge is -2.10. The molecule has 5 nitrogen and oxygen atoms in total. The van der Waals surface area contributed by atoms with E-state index in [4.69, 9.17) is 0 Å². The van der Waals surface area contributed by atoms with E-state index in [0.717, 1.165) is 16.9 Å². The fourth-order valence-electron chi connectivity index (χ4n) is 2.49. The van der Waals surface area contributed by atoms with Gasteiger partial charge in [-0.1, -0.05) is 24.3 Å². The van der Waals surface area contributed by atoms with Gasteiger partial charge >= 0.3 is 6.03 Å². The lowest BCUT2D eigenvalue weighted by molar-refractivity contribution is 0.251. The molecule has 0 spiro atoms. The summed E-state index contributed by atoms with van der Waals surface area (Å²) in [6, 6.07) is 13.5. The highest BCUT2D eigenvalue weighted by molar-refractivity contribution is 5.89. The van der Waals surface area contributed by atoms with Gasteiger partial charge in [0.25, 0.3) is 0 Å². The fraction of sp³-hybridized carbons (Fsp3) is 0.176. The molecule has 0 unspecified atom stereocenters. The van der Waals surface area contributed by atoms with Crippen molar-refractivity contribution in [3.8, 4) is 0 Å². The van der Waals surface area contributed by atoms with Crippen LogP contribution in [0, 0.1) is 12.7 Å². The monoisotopic (exact) mass is 312 g/mol. The predicted octanol–water partition coefficient (Wildman–Crippen LogP) is 3.31. The van der Waals surface area contributed by atoms with Crippen LogP contribution in [-0.2, 0) is 6.54 Å². The molecule has 23 heavy (non-hydrogen) atoms. The molecule has 0 saturated carbocycles. The van der Waals surface area contributed by atoms with Gasteiger partial charge in [-0.15, -0.1) is 0 Å². The number of hydrogen-bond acceptors (Lipinski definition) is 2. The summed E-state index contributed by atoms with van der Waals surface area (Å²) in [6.07, 6.45) is 0. The molecule has 2 amide bonds. The number of aryl methyl sites for hydroxylation is 1. The Hall–Kier alpha value is -2.89. The zero-order chi connectivity index (χ0) is 16.2. The summed E-state index contributed by atoms with van der Waals surface area (Å²) < 4.78 is 15.5. The summed E-state index contributed by atoms with van der Waals surface area (Å²) in [4.78, 5) is 16.3. The zero-order valence-electron chi connectivity index (χ0n) is 12.7. The van der Waals surface area contributed by atoms with Crippen LogP contribution < -0.4 is 10.6 Å². The summed E-state index contributed by atoms with van der Waals surface area (Å²) in [5.41, 5.74) is 2.12. The quantitative estimate of drug-likeness (QED) is 0.776. The standard InChI is InChI=1S/C17H17FN4O/c1-12-20-15-8-4-5-9-16(15)22(12)11-10-19-17(23)21-14-7-3-2-6-13(14)18/h2-9H,10-11H2,1H3,(H2,19,21,23). The molecule has 0 radical (unpaired) electrons. The topological polar surface area (TPSA) is 59.0 Å². The van der Waals surface area contributed by atoms with Crippen LogP contribution in [-0.4, -0.2) is 22.1 Å². The van der Waals surface area contributed by atoms with E-state index in [-0.39, 0.29) is 5.69 Å². The molecule has 0 bridgehead atoms. The van der Waals surface area contributed by atoms with E-state index < -0.39 is 11.8 Å². The van der Waals surface area contributed by atoms with Gasteiger partial charge in [0.15, 0.2) is 0 Å². The van der Waals surface area contributed by atoms with E-state index in [1.54, 1.807) is 12.1 Å². The highest BCUT2D eigenvalue weighted by atomic mass is 19.1. The largest absolute Gasteiger partial charge is 0.336 e. The second kappa shape index (κ2) is 6.48. The zero-order valence-corrected chi connectivity index (χ0v) is 12.7. The van der Waals surface area contributed by atoms with Crippen LogP contribution in [0.1, 0.15) is 5.82 Å². The molecule has 118 valence electrons. The second-order valence-electron chi connectivity index (χ2n) is 5.16. The van der Waals surface area contributed by atoms with Gasteiger partial charge in [-0.3, -0.25) is 0 Å². The highest BCUT2D eigenvalue weighted by Crippen LogP contribution is 2.15. The number of carbonyl (C=O) groups excluding carboxylic acids is 1. The molecule has 0 atom stereocenters. The lowest BCUT2D eigenvalue weighted by Crippen LogP contribution is -2.31. The van der Waals surface area contributed by atoms with Crippen LogP contribution in [0.25, 0.3) is 11.0 Å². The smallest absolute Gasteiger partial charge is 0.319 e. The molecular formula is C17H17FN4O. The normalized spacial score (nSPS) is 10.7. The van der Waals surface area contributed by atoms with Gasteiger partial charge in [0.1, 0.15) is 11.6 Å². The number of benzene rings is 2. The number of nitrogens with zero attached hydrogens (tertiary/aromatic N) is 2. The van der Waals surface area contributed by atoms with Crippen LogP contribution >= 0.6 is 0 Å². The van der Waals surface area contributed by atoms with Crippen molar-refractivity contribution >= 4 is 22.8 Å². The number of hydrogen-bond donors (Lipinski definition) is 2. The molecule has 0 saturated heterocycles. The molecule has 0 fully saturated rings. The van der Waals surface area contributed by atoms with Gasteiger partial charge < -0.3 is 15.2 Å². The molecule has 3 aromatic rings. The summed E-state index contributed by atoms with van der Waals surface area (Å²) in [5.74, 6) is 0.432. The minimum absolute atomic E-state index is 0.161. The SMILES string of the molecule is Cc1nc2ccccc2n1CCNC(=O)Nc1ccccc1F. The number of para-hydroxylation sites is 3. The number of fused-ring (bicyclic) bond motifs is 1. The first-order chi connectivity index (χ1) is 11.1. The molecule has 6 heteroatoms. The van der Waals surface area contributed by atoms with Gasteiger partial charge in [0, 0.05) is 13.1 Å². The Morgan fingerprint density at radius 2 is 1.91 bits per heavy atom. The van der Waals surface area contributed by atoms with Crippen molar-refractivity contribution in [2.45, 2.75) is 13.5 Å².